The van der Waals surface area contributed by atoms with E-state index in [1.165, 1.54) is 17.5 Å². The largest absolute Gasteiger partial charge is 0.351 e. The number of hydrogen-bond donors (Lipinski definition) is 3. The summed E-state index contributed by atoms with van der Waals surface area (Å²) in [6.07, 6.45) is 6.48. The van der Waals surface area contributed by atoms with Gasteiger partial charge in [0.05, 0.1) is 24.1 Å². The Morgan fingerprint density at radius 3 is 2.93 bits per heavy atom. The van der Waals surface area contributed by atoms with Gasteiger partial charge in [-0.3, -0.25) is 9.89 Å². The quantitative estimate of drug-likeness (QED) is 0.390. The standard InChI is InChI=1S/C18H13N9O2S/c1-9-6-22-29-15(9)16(28)23-13-4-10(2-3-19-13)17-26-27-18(30-17)24-14-5-11-7-21-25-12(11)8-20-14/h2-8H,1H3,(H,21,25)(H,19,23,28)(H,20,24,27). The molecule has 0 unspecified atom stereocenters. The molecule has 0 bridgehead atoms. The van der Waals surface area contributed by atoms with E-state index >= 15 is 0 Å². The lowest BCUT2D eigenvalue weighted by Crippen LogP contribution is -2.13. The van der Waals surface area contributed by atoms with Gasteiger partial charge in [0.25, 0.3) is 5.91 Å². The van der Waals surface area contributed by atoms with Crippen LogP contribution in [0.1, 0.15) is 16.1 Å². The maximum atomic E-state index is 12.3. The molecule has 0 aliphatic rings. The molecule has 148 valence electrons. The monoisotopic (exact) mass is 419 g/mol. The minimum Gasteiger partial charge on any atom is -0.351 e. The molecule has 0 aliphatic heterocycles. The fourth-order valence-corrected chi connectivity index (χ4v) is 3.47. The van der Waals surface area contributed by atoms with Crippen molar-refractivity contribution in [2.45, 2.75) is 6.92 Å². The number of fused-ring (bicyclic) bond motifs is 1. The van der Waals surface area contributed by atoms with Gasteiger partial charge in [-0.05, 0) is 25.1 Å². The molecular formula is C18H13N9O2S. The highest BCUT2D eigenvalue weighted by Crippen LogP contribution is 2.29. The van der Waals surface area contributed by atoms with Crippen LogP contribution >= 0.6 is 11.3 Å². The third-order valence-electron chi connectivity index (χ3n) is 4.19. The molecule has 0 aromatic carbocycles. The van der Waals surface area contributed by atoms with Crippen molar-refractivity contribution in [1.82, 2.24) is 35.5 Å². The zero-order valence-corrected chi connectivity index (χ0v) is 16.3. The van der Waals surface area contributed by atoms with Crippen molar-refractivity contribution < 1.29 is 9.32 Å². The van der Waals surface area contributed by atoms with Crippen LogP contribution in [0.4, 0.5) is 16.8 Å². The van der Waals surface area contributed by atoms with E-state index in [1.807, 2.05) is 6.07 Å². The fourth-order valence-electron chi connectivity index (χ4n) is 2.73. The second kappa shape index (κ2) is 7.33. The summed E-state index contributed by atoms with van der Waals surface area (Å²) >= 11 is 1.35. The number of pyridine rings is 2. The van der Waals surface area contributed by atoms with Crippen LogP contribution in [-0.2, 0) is 0 Å². The van der Waals surface area contributed by atoms with Gasteiger partial charge in [0.15, 0.2) is 0 Å². The first kappa shape index (κ1) is 17.9. The summed E-state index contributed by atoms with van der Waals surface area (Å²) in [4.78, 5) is 20.8. The number of aromatic nitrogens is 7. The molecule has 12 heteroatoms. The van der Waals surface area contributed by atoms with Crippen molar-refractivity contribution in [2.24, 2.45) is 0 Å². The van der Waals surface area contributed by atoms with Crippen molar-refractivity contribution in [3.8, 4) is 10.6 Å². The summed E-state index contributed by atoms with van der Waals surface area (Å²) in [5, 5.41) is 26.8. The molecule has 11 nitrogen and oxygen atoms in total. The Morgan fingerprint density at radius 2 is 2.07 bits per heavy atom. The second-order valence-electron chi connectivity index (χ2n) is 6.29. The molecule has 3 N–H and O–H groups in total. The van der Waals surface area contributed by atoms with E-state index in [-0.39, 0.29) is 5.76 Å². The predicted octanol–water partition coefficient (Wildman–Crippen LogP) is 3.16. The Bertz CT molecular complexity index is 1360. The summed E-state index contributed by atoms with van der Waals surface area (Å²) < 4.78 is 4.96. The lowest BCUT2D eigenvalue weighted by Gasteiger charge is -2.03. The van der Waals surface area contributed by atoms with E-state index in [2.05, 4.69) is 46.2 Å². The summed E-state index contributed by atoms with van der Waals surface area (Å²) in [7, 11) is 0. The number of nitrogens with one attached hydrogen (secondary N) is 3. The third kappa shape index (κ3) is 3.46. The zero-order chi connectivity index (χ0) is 20.5. The minimum absolute atomic E-state index is 0.145. The molecule has 0 fully saturated rings. The van der Waals surface area contributed by atoms with Gasteiger partial charge >= 0.3 is 0 Å². The predicted molar refractivity (Wildman–Crippen MR) is 110 cm³/mol. The third-order valence-corrected chi connectivity index (χ3v) is 5.08. The maximum absolute atomic E-state index is 12.3. The van der Waals surface area contributed by atoms with Crippen molar-refractivity contribution in [3.05, 3.63) is 54.3 Å². The van der Waals surface area contributed by atoms with Crippen molar-refractivity contribution >= 4 is 44.9 Å². The van der Waals surface area contributed by atoms with E-state index in [1.54, 1.807) is 37.6 Å². The fraction of sp³-hybridized carbons (Fsp3) is 0.0556. The molecule has 0 saturated carbocycles. The number of carbonyl (C=O) groups excluding carboxylic acids is 1. The number of H-pyrrole nitrogens is 1. The first-order valence-corrected chi connectivity index (χ1v) is 9.56. The van der Waals surface area contributed by atoms with Gasteiger partial charge in [-0.2, -0.15) is 5.10 Å². The van der Waals surface area contributed by atoms with Gasteiger partial charge in [-0.15, -0.1) is 10.2 Å². The molecule has 0 saturated heterocycles. The molecule has 5 rings (SSSR count). The number of aryl methyl sites for hydroxylation is 1. The second-order valence-corrected chi connectivity index (χ2v) is 7.26. The Morgan fingerprint density at radius 1 is 1.13 bits per heavy atom. The molecule has 5 aromatic heterocycles. The van der Waals surface area contributed by atoms with Gasteiger partial charge in [0.1, 0.15) is 16.6 Å². The highest BCUT2D eigenvalue weighted by Gasteiger charge is 2.16. The summed E-state index contributed by atoms with van der Waals surface area (Å²) in [6, 6.07) is 5.37. The van der Waals surface area contributed by atoms with Gasteiger partial charge in [-0.1, -0.05) is 16.5 Å². The lowest BCUT2D eigenvalue weighted by molar-refractivity contribution is 0.0986. The molecule has 30 heavy (non-hydrogen) atoms. The maximum Gasteiger partial charge on any atom is 0.295 e. The average molecular weight is 419 g/mol. The Labute approximate surface area is 172 Å². The number of aromatic amines is 1. The van der Waals surface area contributed by atoms with Gasteiger partial charge in [0.2, 0.25) is 10.9 Å². The number of hydrogen-bond acceptors (Lipinski definition) is 10. The Balaban J connectivity index is 1.33. The topological polar surface area (TPSA) is 147 Å². The molecular weight excluding hydrogens is 406 g/mol. The molecule has 0 spiro atoms. The first-order chi connectivity index (χ1) is 14.7. The number of carbonyl (C=O) groups is 1. The Hall–Kier alpha value is -4.19. The molecule has 5 heterocycles. The smallest absolute Gasteiger partial charge is 0.295 e. The van der Waals surface area contributed by atoms with Crippen molar-refractivity contribution in [2.75, 3.05) is 10.6 Å². The van der Waals surface area contributed by atoms with Gasteiger partial charge in [-0.25, -0.2) is 9.97 Å². The van der Waals surface area contributed by atoms with Crippen LogP contribution in [0, 0.1) is 6.92 Å². The number of anilines is 3. The summed E-state index contributed by atoms with van der Waals surface area (Å²) in [6.45, 7) is 1.74. The normalized spacial score (nSPS) is 11.0. The molecule has 0 radical (unpaired) electrons. The average Bonchev–Trinajstić information content (AvgIpc) is 3.48. The van der Waals surface area contributed by atoms with E-state index in [0.717, 1.165) is 16.5 Å². The number of nitrogens with zero attached hydrogens (tertiary/aromatic N) is 6. The minimum atomic E-state index is -0.421. The highest BCUT2D eigenvalue weighted by molar-refractivity contribution is 7.18. The molecule has 5 aromatic rings. The van der Waals surface area contributed by atoms with Gasteiger partial charge < -0.3 is 15.2 Å². The summed E-state index contributed by atoms with van der Waals surface area (Å²) in [5.41, 5.74) is 2.26. The first-order valence-electron chi connectivity index (χ1n) is 8.74. The van der Waals surface area contributed by atoms with Crippen LogP contribution in [0.5, 0.6) is 0 Å². The Kier molecular flexibility index (Phi) is 4.37. The SMILES string of the molecule is Cc1cnoc1C(=O)Nc1cc(-c2nnc(Nc3cc4cn[nH]c4cn3)s2)ccn1. The van der Waals surface area contributed by atoms with Crippen LogP contribution < -0.4 is 10.6 Å². The van der Waals surface area contributed by atoms with E-state index < -0.39 is 5.91 Å². The van der Waals surface area contributed by atoms with Crippen LogP contribution in [0.3, 0.4) is 0 Å². The zero-order valence-electron chi connectivity index (χ0n) is 15.4. The molecule has 1 amide bonds. The summed E-state index contributed by atoms with van der Waals surface area (Å²) in [5.74, 6) is 0.725. The molecule has 0 atom stereocenters. The van der Waals surface area contributed by atoms with Crippen molar-refractivity contribution in [1.29, 1.82) is 0 Å². The lowest BCUT2D eigenvalue weighted by atomic mass is 10.2. The number of amides is 1. The van der Waals surface area contributed by atoms with Gasteiger partial charge in [0, 0.05) is 22.7 Å². The van der Waals surface area contributed by atoms with Crippen LogP contribution in [-0.4, -0.2) is 41.4 Å². The van der Waals surface area contributed by atoms with Crippen LogP contribution in [0.15, 0.2) is 47.5 Å². The van der Waals surface area contributed by atoms with E-state index in [0.29, 0.717) is 27.3 Å². The highest BCUT2D eigenvalue weighted by atomic mass is 32.1. The van der Waals surface area contributed by atoms with Crippen molar-refractivity contribution in [3.63, 3.8) is 0 Å². The van der Waals surface area contributed by atoms with Crippen LogP contribution in [0.2, 0.25) is 0 Å². The van der Waals surface area contributed by atoms with Crippen LogP contribution in [0.25, 0.3) is 21.5 Å². The molecule has 0 aliphatic carbocycles. The number of rotatable bonds is 5. The van der Waals surface area contributed by atoms with E-state index in [9.17, 15) is 4.79 Å². The van der Waals surface area contributed by atoms with E-state index in [4.69, 9.17) is 4.52 Å².